The summed E-state index contributed by atoms with van der Waals surface area (Å²) in [6, 6.07) is 6.59. The minimum absolute atomic E-state index is 0.0173. The van der Waals surface area contributed by atoms with E-state index in [1.54, 1.807) is 0 Å². The van der Waals surface area contributed by atoms with Crippen molar-refractivity contribution in [3.8, 4) is 11.5 Å². The van der Waals surface area contributed by atoms with Crippen LogP contribution >= 0.6 is 0 Å². The summed E-state index contributed by atoms with van der Waals surface area (Å²) in [6.07, 6.45) is 4.22. The number of nitrogens with zero attached hydrogens (tertiary/aromatic N) is 1. The SMILES string of the molecule is CCCOc1cccc2c1C(N(C)C)CC1(CCNCC1)O2. The molecule has 1 spiro atoms. The zero-order chi connectivity index (χ0) is 15.6. The van der Waals surface area contributed by atoms with E-state index in [1.165, 1.54) is 5.56 Å². The second kappa shape index (κ2) is 6.47. The number of rotatable bonds is 4. The van der Waals surface area contributed by atoms with Crippen molar-refractivity contribution in [2.75, 3.05) is 33.8 Å². The summed E-state index contributed by atoms with van der Waals surface area (Å²) in [4.78, 5) is 2.31. The maximum absolute atomic E-state index is 6.51. The Morgan fingerprint density at radius 2 is 2.09 bits per heavy atom. The molecule has 1 saturated heterocycles. The summed E-state index contributed by atoms with van der Waals surface area (Å²) in [6.45, 7) is 4.98. The first-order valence-corrected chi connectivity index (χ1v) is 8.47. The molecule has 122 valence electrons. The van der Waals surface area contributed by atoms with Crippen LogP contribution in [0.5, 0.6) is 11.5 Å². The van der Waals surface area contributed by atoms with E-state index in [0.717, 1.165) is 56.9 Å². The van der Waals surface area contributed by atoms with Crippen LogP contribution in [0, 0.1) is 0 Å². The van der Waals surface area contributed by atoms with Gasteiger partial charge in [0.05, 0.1) is 12.2 Å². The minimum atomic E-state index is -0.0173. The van der Waals surface area contributed by atoms with Crippen molar-refractivity contribution in [1.29, 1.82) is 0 Å². The lowest BCUT2D eigenvalue weighted by Crippen LogP contribution is -2.50. The highest BCUT2D eigenvalue weighted by Crippen LogP contribution is 2.48. The molecule has 0 amide bonds. The van der Waals surface area contributed by atoms with E-state index in [1.807, 2.05) is 0 Å². The third-order valence-corrected chi connectivity index (χ3v) is 4.85. The standard InChI is InChI=1S/C18H28N2O2/c1-4-12-21-15-6-5-7-16-17(15)14(20(2)3)13-18(22-16)8-10-19-11-9-18/h5-7,14,19H,4,8-13H2,1-3H3. The van der Waals surface area contributed by atoms with Crippen LogP contribution in [0.3, 0.4) is 0 Å². The van der Waals surface area contributed by atoms with Crippen molar-refractivity contribution in [2.24, 2.45) is 0 Å². The van der Waals surface area contributed by atoms with Crippen molar-refractivity contribution in [1.82, 2.24) is 10.2 Å². The summed E-state index contributed by atoms with van der Waals surface area (Å²) in [5.41, 5.74) is 1.21. The van der Waals surface area contributed by atoms with Crippen molar-refractivity contribution < 1.29 is 9.47 Å². The van der Waals surface area contributed by atoms with Gasteiger partial charge < -0.3 is 19.7 Å². The monoisotopic (exact) mass is 304 g/mol. The van der Waals surface area contributed by atoms with Crippen LogP contribution < -0.4 is 14.8 Å². The van der Waals surface area contributed by atoms with Gasteiger partial charge in [-0.05, 0) is 58.6 Å². The van der Waals surface area contributed by atoms with E-state index in [0.29, 0.717) is 6.04 Å². The van der Waals surface area contributed by atoms with Crippen molar-refractivity contribution in [2.45, 2.75) is 44.2 Å². The number of fused-ring (bicyclic) bond motifs is 1. The van der Waals surface area contributed by atoms with Crippen LogP contribution in [0.15, 0.2) is 18.2 Å². The van der Waals surface area contributed by atoms with E-state index in [2.05, 4.69) is 49.4 Å². The molecule has 1 fully saturated rings. The number of piperidine rings is 1. The molecule has 0 radical (unpaired) electrons. The van der Waals surface area contributed by atoms with Crippen LogP contribution in [0.1, 0.15) is 44.2 Å². The first kappa shape index (κ1) is 15.6. The van der Waals surface area contributed by atoms with Gasteiger partial charge in [0.2, 0.25) is 0 Å². The first-order valence-electron chi connectivity index (χ1n) is 8.47. The van der Waals surface area contributed by atoms with Gasteiger partial charge in [0, 0.05) is 12.5 Å². The van der Waals surface area contributed by atoms with Crippen LogP contribution in [0.4, 0.5) is 0 Å². The third-order valence-electron chi connectivity index (χ3n) is 4.85. The lowest BCUT2D eigenvalue weighted by Gasteiger charge is -2.46. The molecular formula is C18H28N2O2. The smallest absolute Gasteiger partial charge is 0.128 e. The van der Waals surface area contributed by atoms with E-state index in [9.17, 15) is 0 Å². The highest BCUT2D eigenvalue weighted by atomic mass is 16.5. The molecule has 2 heterocycles. The summed E-state index contributed by atoms with van der Waals surface area (Å²) in [5.74, 6) is 2.00. The summed E-state index contributed by atoms with van der Waals surface area (Å²) < 4.78 is 12.5. The number of benzene rings is 1. The van der Waals surface area contributed by atoms with Crippen molar-refractivity contribution >= 4 is 0 Å². The predicted molar refractivity (Wildman–Crippen MR) is 88.7 cm³/mol. The maximum atomic E-state index is 6.51. The lowest BCUT2D eigenvalue weighted by atomic mass is 9.80. The van der Waals surface area contributed by atoms with Gasteiger partial charge >= 0.3 is 0 Å². The van der Waals surface area contributed by atoms with Gasteiger partial charge in [0.15, 0.2) is 0 Å². The second-order valence-corrected chi connectivity index (χ2v) is 6.74. The Kier molecular flexibility index (Phi) is 4.59. The lowest BCUT2D eigenvalue weighted by molar-refractivity contribution is -0.0128. The molecular weight excluding hydrogens is 276 g/mol. The Hall–Kier alpha value is -1.26. The number of hydrogen-bond donors (Lipinski definition) is 1. The van der Waals surface area contributed by atoms with Gasteiger partial charge in [-0.3, -0.25) is 0 Å². The number of ether oxygens (including phenoxy) is 2. The average Bonchev–Trinajstić information content (AvgIpc) is 2.52. The molecule has 1 aromatic carbocycles. The van der Waals surface area contributed by atoms with Crippen LogP contribution in [-0.4, -0.2) is 44.3 Å². The highest BCUT2D eigenvalue weighted by Gasteiger charge is 2.43. The van der Waals surface area contributed by atoms with Gasteiger partial charge in [-0.1, -0.05) is 13.0 Å². The minimum Gasteiger partial charge on any atom is -0.493 e. The zero-order valence-corrected chi connectivity index (χ0v) is 14.0. The first-order chi connectivity index (χ1) is 10.7. The van der Waals surface area contributed by atoms with E-state index in [-0.39, 0.29) is 5.60 Å². The zero-order valence-electron chi connectivity index (χ0n) is 14.0. The van der Waals surface area contributed by atoms with Crippen molar-refractivity contribution in [3.63, 3.8) is 0 Å². The van der Waals surface area contributed by atoms with Gasteiger partial charge in [0.25, 0.3) is 0 Å². The molecule has 4 nitrogen and oxygen atoms in total. The van der Waals surface area contributed by atoms with Crippen molar-refractivity contribution in [3.05, 3.63) is 23.8 Å². The molecule has 3 rings (SSSR count). The van der Waals surface area contributed by atoms with Gasteiger partial charge in [-0.25, -0.2) is 0 Å². The fraction of sp³-hybridized carbons (Fsp3) is 0.667. The Bertz CT molecular complexity index is 510. The molecule has 1 N–H and O–H groups in total. The van der Waals surface area contributed by atoms with E-state index in [4.69, 9.17) is 9.47 Å². The number of nitrogens with one attached hydrogen (secondary N) is 1. The van der Waals surface area contributed by atoms with E-state index < -0.39 is 0 Å². The third kappa shape index (κ3) is 2.95. The molecule has 0 aliphatic carbocycles. The fourth-order valence-corrected chi connectivity index (χ4v) is 3.64. The second-order valence-electron chi connectivity index (χ2n) is 6.74. The molecule has 2 aliphatic heterocycles. The molecule has 1 unspecified atom stereocenters. The highest BCUT2D eigenvalue weighted by molar-refractivity contribution is 5.49. The Labute approximate surface area is 133 Å². The average molecular weight is 304 g/mol. The van der Waals surface area contributed by atoms with Gasteiger partial charge in [0.1, 0.15) is 17.1 Å². The molecule has 1 atom stereocenters. The van der Waals surface area contributed by atoms with Gasteiger partial charge in [-0.15, -0.1) is 0 Å². The molecule has 1 aromatic rings. The summed E-state index contributed by atoms with van der Waals surface area (Å²) in [5, 5.41) is 3.45. The van der Waals surface area contributed by atoms with Crippen LogP contribution in [0.25, 0.3) is 0 Å². The van der Waals surface area contributed by atoms with Crippen LogP contribution in [0.2, 0.25) is 0 Å². The molecule has 4 heteroatoms. The van der Waals surface area contributed by atoms with Crippen LogP contribution in [-0.2, 0) is 0 Å². The fourth-order valence-electron chi connectivity index (χ4n) is 3.64. The normalized spacial score (nSPS) is 23.2. The Morgan fingerprint density at radius 3 is 2.77 bits per heavy atom. The summed E-state index contributed by atoms with van der Waals surface area (Å²) >= 11 is 0. The Balaban J connectivity index is 1.96. The maximum Gasteiger partial charge on any atom is 0.128 e. The quantitative estimate of drug-likeness (QED) is 0.927. The topological polar surface area (TPSA) is 33.7 Å². The molecule has 0 saturated carbocycles. The molecule has 2 aliphatic rings. The van der Waals surface area contributed by atoms with Gasteiger partial charge in [-0.2, -0.15) is 0 Å². The molecule has 0 aromatic heterocycles. The number of hydrogen-bond acceptors (Lipinski definition) is 4. The Morgan fingerprint density at radius 1 is 1.32 bits per heavy atom. The summed E-state index contributed by atoms with van der Waals surface area (Å²) in [7, 11) is 4.32. The molecule has 0 bridgehead atoms. The van der Waals surface area contributed by atoms with E-state index >= 15 is 0 Å². The molecule has 22 heavy (non-hydrogen) atoms. The predicted octanol–water partition coefficient (Wildman–Crippen LogP) is 2.98. The largest absolute Gasteiger partial charge is 0.493 e.